The third-order valence-electron chi connectivity index (χ3n) is 6.66. The minimum absolute atomic E-state index is 0.0267. The van der Waals surface area contributed by atoms with Crippen molar-refractivity contribution in [3.05, 3.63) is 12.7 Å². The van der Waals surface area contributed by atoms with Gasteiger partial charge in [0.2, 0.25) is 5.91 Å². The summed E-state index contributed by atoms with van der Waals surface area (Å²) < 4.78 is 1.89. The Balaban J connectivity index is 1.61. The average molecular weight is 344 g/mol. The smallest absolute Gasteiger partial charge is 0.237 e. The Bertz CT molecular complexity index is 649. The highest BCUT2D eigenvalue weighted by atomic mass is 16.2. The van der Waals surface area contributed by atoms with Crippen LogP contribution >= 0.6 is 0 Å². The van der Waals surface area contributed by atoms with Crippen LogP contribution in [0.3, 0.4) is 0 Å². The maximum absolute atomic E-state index is 12.6. The largest absolute Gasteiger partial charge is 0.326 e. The molecule has 2 aliphatic rings. The summed E-state index contributed by atoms with van der Waals surface area (Å²) in [7, 11) is 0. The summed E-state index contributed by atoms with van der Waals surface area (Å²) >= 11 is 0. The third kappa shape index (κ3) is 3.28. The van der Waals surface area contributed by atoms with Gasteiger partial charge in [0.25, 0.3) is 0 Å². The van der Waals surface area contributed by atoms with Crippen molar-refractivity contribution >= 4 is 5.91 Å². The zero-order valence-corrected chi connectivity index (χ0v) is 15.4. The normalized spacial score (nSPS) is 31.2. The summed E-state index contributed by atoms with van der Waals surface area (Å²) in [4.78, 5) is 18.3. The van der Waals surface area contributed by atoms with E-state index in [-0.39, 0.29) is 22.9 Å². The van der Waals surface area contributed by atoms with Crippen LogP contribution in [0.1, 0.15) is 46.5 Å². The predicted octanol–water partition coefficient (Wildman–Crippen LogP) is 1.58. The first-order valence-corrected chi connectivity index (χ1v) is 9.14. The molecule has 136 valence electrons. The molecule has 25 heavy (non-hydrogen) atoms. The van der Waals surface area contributed by atoms with E-state index in [1.54, 1.807) is 17.6 Å². The Morgan fingerprint density at radius 1 is 1.40 bits per heavy atom. The van der Waals surface area contributed by atoms with Crippen LogP contribution in [-0.4, -0.2) is 50.2 Å². The first kappa shape index (κ1) is 17.9. The monoisotopic (exact) mass is 344 g/mol. The van der Waals surface area contributed by atoms with Crippen molar-refractivity contribution in [2.75, 3.05) is 13.1 Å². The van der Waals surface area contributed by atoms with Crippen LogP contribution in [0.15, 0.2) is 12.7 Å². The zero-order valence-electron chi connectivity index (χ0n) is 15.4. The summed E-state index contributed by atoms with van der Waals surface area (Å²) in [5.74, 6) is 0.515. The lowest BCUT2D eigenvalue weighted by Gasteiger charge is -2.42. The minimum atomic E-state index is -0.251. The molecule has 7 heteroatoms. The Hall–Kier alpha value is -1.94. The molecule has 1 aromatic heterocycles. The van der Waals surface area contributed by atoms with Crippen LogP contribution in [0.4, 0.5) is 0 Å². The summed E-state index contributed by atoms with van der Waals surface area (Å²) in [5.41, 5.74) is -0.0886. The number of nitriles is 1. The van der Waals surface area contributed by atoms with Gasteiger partial charge in [-0.2, -0.15) is 10.4 Å². The topological polar surface area (TPSA) is 86.8 Å². The van der Waals surface area contributed by atoms with Crippen molar-refractivity contribution in [1.82, 2.24) is 25.0 Å². The molecular weight excluding hydrogens is 316 g/mol. The maximum Gasteiger partial charge on any atom is 0.237 e. The number of aromatic nitrogens is 3. The highest BCUT2D eigenvalue weighted by Gasteiger charge is 2.51. The second kappa shape index (κ2) is 6.75. The number of hydrogen-bond donors (Lipinski definition) is 1. The van der Waals surface area contributed by atoms with Gasteiger partial charge in [-0.05, 0) is 43.9 Å². The zero-order chi connectivity index (χ0) is 18.1. The fraction of sp³-hybridized carbons (Fsp3) is 0.778. The first-order chi connectivity index (χ1) is 11.9. The van der Waals surface area contributed by atoms with Gasteiger partial charge >= 0.3 is 0 Å². The molecule has 0 spiro atoms. The fourth-order valence-corrected chi connectivity index (χ4v) is 4.36. The number of carbonyl (C=O) groups excluding carboxylic acids is 1. The Kier molecular flexibility index (Phi) is 4.83. The van der Waals surface area contributed by atoms with E-state index in [4.69, 9.17) is 0 Å². The van der Waals surface area contributed by atoms with Gasteiger partial charge in [-0.15, -0.1) is 0 Å². The van der Waals surface area contributed by atoms with E-state index in [0.717, 1.165) is 32.2 Å². The lowest BCUT2D eigenvalue weighted by Crippen LogP contribution is -2.55. The predicted molar refractivity (Wildman–Crippen MR) is 93.3 cm³/mol. The molecule has 2 fully saturated rings. The molecule has 2 heterocycles. The highest BCUT2D eigenvalue weighted by molar-refractivity contribution is 5.79. The standard InChI is InChI=1S/C18H28N6O/c1-17(2)14(11-23-13-20-12-22-23)6-7-18(17,3)21-10-16(25)24-8-4-5-15(24)9-19/h12-15,21H,4-8,10-11H2,1-3H3/t14-,15?,18-/m0/s1. The molecule has 0 bridgehead atoms. The lowest BCUT2D eigenvalue weighted by molar-refractivity contribution is -0.130. The van der Waals surface area contributed by atoms with Crippen molar-refractivity contribution in [3.63, 3.8) is 0 Å². The number of carbonyl (C=O) groups is 1. The van der Waals surface area contributed by atoms with Gasteiger partial charge in [-0.3, -0.25) is 9.48 Å². The fourth-order valence-electron chi connectivity index (χ4n) is 4.36. The minimum Gasteiger partial charge on any atom is -0.326 e. The van der Waals surface area contributed by atoms with E-state index in [9.17, 15) is 10.1 Å². The molecule has 1 aliphatic carbocycles. The second-order valence-electron chi connectivity index (χ2n) is 8.13. The number of amides is 1. The summed E-state index contributed by atoms with van der Waals surface area (Å²) in [5, 5.41) is 16.9. The molecule has 0 aromatic carbocycles. The number of nitrogens with zero attached hydrogens (tertiary/aromatic N) is 5. The molecule has 0 radical (unpaired) electrons. The van der Waals surface area contributed by atoms with Gasteiger partial charge in [0.1, 0.15) is 18.7 Å². The molecule has 1 aliphatic heterocycles. The van der Waals surface area contributed by atoms with E-state index in [1.807, 2.05) is 4.68 Å². The third-order valence-corrected chi connectivity index (χ3v) is 6.66. The van der Waals surface area contributed by atoms with Crippen LogP contribution in [0.5, 0.6) is 0 Å². The molecule has 3 atom stereocenters. The Morgan fingerprint density at radius 2 is 2.20 bits per heavy atom. The SMILES string of the molecule is CC1(C)[C@H](Cn2cncn2)CC[C@]1(C)NCC(=O)N1CCCC1C#N. The Morgan fingerprint density at radius 3 is 2.88 bits per heavy atom. The van der Waals surface area contributed by atoms with Crippen LogP contribution < -0.4 is 5.32 Å². The molecule has 1 amide bonds. The van der Waals surface area contributed by atoms with Crippen molar-refractivity contribution in [2.45, 2.75) is 64.6 Å². The van der Waals surface area contributed by atoms with Crippen molar-refractivity contribution in [2.24, 2.45) is 11.3 Å². The molecule has 1 unspecified atom stereocenters. The van der Waals surface area contributed by atoms with Gasteiger partial charge in [-0.25, -0.2) is 4.98 Å². The van der Waals surface area contributed by atoms with Gasteiger partial charge in [0.05, 0.1) is 12.6 Å². The Labute approximate surface area is 149 Å². The van der Waals surface area contributed by atoms with Gasteiger partial charge in [0, 0.05) is 18.6 Å². The number of rotatable bonds is 5. The van der Waals surface area contributed by atoms with Crippen molar-refractivity contribution in [3.8, 4) is 6.07 Å². The van der Waals surface area contributed by atoms with Crippen molar-refractivity contribution < 1.29 is 4.79 Å². The van der Waals surface area contributed by atoms with E-state index < -0.39 is 0 Å². The quantitative estimate of drug-likeness (QED) is 0.876. The van der Waals surface area contributed by atoms with Crippen LogP contribution in [0.2, 0.25) is 0 Å². The van der Waals surface area contributed by atoms with Gasteiger partial charge in [0.15, 0.2) is 0 Å². The molecular formula is C18H28N6O. The van der Waals surface area contributed by atoms with E-state index in [1.165, 1.54) is 0 Å². The van der Waals surface area contributed by atoms with E-state index in [0.29, 0.717) is 19.0 Å². The lowest BCUT2D eigenvalue weighted by atomic mass is 9.71. The molecule has 1 N–H and O–H groups in total. The molecule has 1 saturated carbocycles. The molecule has 1 aromatic rings. The summed E-state index contributed by atoms with van der Waals surface area (Å²) in [6.07, 6.45) is 7.17. The van der Waals surface area contributed by atoms with Crippen molar-refractivity contribution in [1.29, 1.82) is 5.26 Å². The van der Waals surface area contributed by atoms with Gasteiger partial charge in [-0.1, -0.05) is 13.8 Å². The number of hydrogen-bond acceptors (Lipinski definition) is 5. The molecule has 1 saturated heterocycles. The van der Waals surface area contributed by atoms with Gasteiger partial charge < -0.3 is 10.2 Å². The summed E-state index contributed by atoms with van der Waals surface area (Å²) in [6.45, 7) is 8.61. The van der Waals surface area contributed by atoms with Crippen LogP contribution in [-0.2, 0) is 11.3 Å². The summed E-state index contributed by atoms with van der Waals surface area (Å²) in [6, 6.07) is 1.99. The molecule has 7 nitrogen and oxygen atoms in total. The number of likely N-dealkylation sites (tertiary alicyclic amines) is 1. The molecule has 3 rings (SSSR count). The van der Waals surface area contributed by atoms with Crippen LogP contribution in [0.25, 0.3) is 0 Å². The highest BCUT2D eigenvalue weighted by Crippen LogP contribution is 2.50. The average Bonchev–Trinajstić information content (AvgIpc) is 3.30. The van der Waals surface area contributed by atoms with Crippen LogP contribution in [0, 0.1) is 22.7 Å². The van der Waals surface area contributed by atoms with E-state index >= 15 is 0 Å². The van der Waals surface area contributed by atoms with E-state index in [2.05, 4.69) is 42.2 Å². The maximum atomic E-state index is 12.6. The second-order valence-corrected chi connectivity index (χ2v) is 8.13. The first-order valence-electron chi connectivity index (χ1n) is 9.14. The number of nitrogens with one attached hydrogen (secondary N) is 1.